The van der Waals surface area contributed by atoms with Gasteiger partial charge in [-0.2, -0.15) is 0 Å². The summed E-state index contributed by atoms with van der Waals surface area (Å²) in [5.41, 5.74) is 0.408. The van der Waals surface area contributed by atoms with Gasteiger partial charge in [0.15, 0.2) is 0 Å². The zero-order valence-electron chi connectivity index (χ0n) is 17.7. The normalized spacial score (nSPS) is 19.7. The number of carbonyl (C=O) groups is 1. The van der Waals surface area contributed by atoms with Gasteiger partial charge in [-0.25, -0.2) is 4.79 Å². The summed E-state index contributed by atoms with van der Waals surface area (Å²) < 4.78 is 12.9. The molecule has 0 aromatic heterocycles. The first-order valence-corrected chi connectivity index (χ1v) is 12.6. The van der Waals surface area contributed by atoms with E-state index in [1.54, 1.807) is 22.7 Å². The molecule has 3 rings (SSSR count). The molecule has 1 amide bonds. The van der Waals surface area contributed by atoms with E-state index in [0.29, 0.717) is 29.7 Å². The first kappa shape index (κ1) is 24.7. The third kappa shape index (κ3) is 7.03. The van der Waals surface area contributed by atoms with Crippen molar-refractivity contribution in [1.82, 2.24) is 4.90 Å². The van der Waals surface area contributed by atoms with E-state index in [2.05, 4.69) is 22.0 Å². The predicted octanol–water partition coefficient (Wildman–Crippen LogP) is 7.47. The minimum Gasteiger partial charge on any atom is -0.444 e. The summed E-state index contributed by atoms with van der Waals surface area (Å²) in [5, 5.41) is 1.00. The van der Waals surface area contributed by atoms with E-state index in [4.69, 9.17) is 32.7 Å². The van der Waals surface area contributed by atoms with Gasteiger partial charge in [-0.15, -0.1) is 11.8 Å². The van der Waals surface area contributed by atoms with Crippen LogP contribution in [0.5, 0.6) is 0 Å². The summed E-state index contributed by atoms with van der Waals surface area (Å²) in [5.74, 6) is 0.789. The number of halogens is 3. The van der Waals surface area contributed by atoms with Crippen LogP contribution in [0.3, 0.4) is 0 Å². The molecule has 4 nitrogen and oxygen atoms in total. The van der Waals surface area contributed by atoms with Crippen LogP contribution in [0.25, 0.3) is 0 Å². The number of nitrogens with zero attached hydrogens (tertiary/aromatic N) is 1. The van der Waals surface area contributed by atoms with E-state index < -0.39 is 5.60 Å². The van der Waals surface area contributed by atoms with Gasteiger partial charge in [0.05, 0.1) is 22.8 Å². The SMILES string of the molecule is CC(C)(C)OC(=O)N1CCO[C@@H](c2ccc(Cl)c(Cl)c2)[C@H](CSc2ccccc2Br)C1. The van der Waals surface area contributed by atoms with Gasteiger partial charge < -0.3 is 14.4 Å². The lowest BCUT2D eigenvalue weighted by Gasteiger charge is -2.30. The minimum absolute atomic E-state index is 0.0318. The Morgan fingerprint density at radius 1 is 1.23 bits per heavy atom. The maximum absolute atomic E-state index is 12.8. The molecule has 0 aliphatic carbocycles. The molecule has 31 heavy (non-hydrogen) atoms. The fraction of sp³-hybridized carbons (Fsp3) is 0.435. The Labute approximate surface area is 206 Å². The summed E-state index contributed by atoms with van der Waals surface area (Å²) >= 11 is 17.7. The van der Waals surface area contributed by atoms with Gasteiger partial charge in [0.25, 0.3) is 0 Å². The maximum Gasteiger partial charge on any atom is 0.410 e. The highest BCUT2D eigenvalue weighted by atomic mass is 79.9. The van der Waals surface area contributed by atoms with Gasteiger partial charge in [-0.05, 0) is 66.5 Å². The van der Waals surface area contributed by atoms with E-state index in [1.165, 1.54) is 0 Å². The molecule has 0 radical (unpaired) electrons. The van der Waals surface area contributed by atoms with Crippen LogP contribution in [-0.2, 0) is 9.47 Å². The Bertz CT molecular complexity index is 922. The lowest BCUT2D eigenvalue weighted by Crippen LogP contribution is -2.40. The van der Waals surface area contributed by atoms with E-state index in [-0.39, 0.29) is 18.1 Å². The molecule has 0 saturated carbocycles. The molecule has 2 aromatic rings. The van der Waals surface area contributed by atoms with Crippen molar-refractivity contribution in [3.8, 4) is 0 Å². The van der Waals surface area contributed by atoms with Gasteiger partial charge in [0.2, 0.25) is 0 Å². The first-order chi connectivity index (χ1) is 14.6. The highest BCUT2D eigenvalue weighted by Crippen LogP contribution is 2.37. The molecule has 0 bridgehead atoms. The lowest BCUT2D eigenvalue weighted by atomic mass is 9.97. The Morgan fingerprint density at radius 3 is 2.65 bits per heavy atom. The molecule has 1 saturated heterocycles. The van der Waals surface area contributed by atoms with Crippen LogP contribution in [-0.4, -0.2) is 42.0 Å². The molecule has 8 heteroatoms. The van der Waals surface area contributed by atoms with Crippen LogP contribution < -0.4 is 0 Å². The average molecular weight is 547 g/mol. The number of carbonyl (C=O) groups excluding carboxylic acids is 1. The Morgan fingerprint density at radius 2 is 1.97 bits per heavy atom. The second kappa shape index (κ2) is 10.8. The molecular formula is C23H26BrCl2NO3S. The topological polar surface area (TPSA) is 38.8 Å². The van der Waals surface area contributed by atoms with Crippen molar-refractivity contribution in [2.75, 3.05) is 25.4 Å². The van der Waals surface area contributed by atoms with Gasteiger partial charge in [-0.1, -0.05) is 41.4 Å². The zero-order valence-corrected chi connectivity index (χ0v) is 21.7. The quantitative estimate of drug-likeness (QED) is 0.373. The van der Waals surface area contributed by atoms with Crippen LogP contribution >= 0.6 is 50.9 Å². The van der Waals surface area contributed by atoms with Gasteiger partial charge in [0, 0.05) is 34.1 Å². The number of ether oxygens (including phenoxy) is 2. The number of amides is 1. The van der Waals surface area contributed by atoms with Crippen LogP contribution in [0.15, 0.2) is 51.8 Å². The number of hydrogen-bond donors (Lipinski definition) is 0. The third-order valence-corrected chi connectivity index (χ3v) is 7.71. The molecule has 1 aliphatic heterocycles. The first-order valence-electron chi connectivity index (χ1n) is 10.1. The van der Waals surface area contributed by atoms with E-state index >= 15 is 0 Å². The largest absolute Gasteiger partial charge is 0.444 e. The minimum atomic E-state index is -0.549. The smallest absolute Gasteiger partial charge is 0.410 e. The zero-order chi connectivity index (χ0) is 22.6. The highest BCUT2D eigenvalue weighted by Gasteiger charge is 2.33. The molecule has 2 aromatic carbocycles. The van der Waals surface area contributed by atoms with Crippen LogP contribution in [0, 0.1) is 5.92 Å². The Kier molecular flexibility index (Phi) is 8.61. The van der Waals surface area contributed by atoms with Gasteiger partial charge in [-0.3, -0.25) is 0 Å². The van der Waals surface area contributed by atoms with Crippen molar-refractivity contribution in [1.29, 1.82) is 0 Å². The summed E-state index contributed by atoms with van der Waals surface area (Å²) in [6.45, 7) is 7.04. The molecule has 0 unspecified atom stereocenters. The maximum atomic E-state index is 12.8. The molecule has 168 valence electrons. The Balaban J connectivity index is 1.84. The second-order valence-corrected chi connectivity index (χ2v) is 11.1. The fourth-order valence-electron chi connectivity index (χ4n) is 3.34. The molecule has 2 atom stereocenters. The summed E-state index contributed by atoms with van der Waals surface area (Å²) in [7, 11) is 0. The van der Waals surface area contributed by atoms with E-state index in [9.17, 15) is 4.79 Å². The van der Waals surface area contributed by atoms with E-state index in [1.807, 2.05) is 51.1 Å². The van der Waals surface area contributed by atoms with E-state index in [0.717, 1.165) is 20.7 Å². The molecule has 1 aliphatic rings. The number of hydrogen-bond acceptors (Lipinski definition) is 4. The van der Waals surface area contributed by atoms with Crippen molar-refractivity contribution >= 4 is 57.0 Å². The third-order valence-electron chi connectivity index (χ3n) is 4.76. The second-order valence-electron chi connectivity index (χ2n) is 8.39. The lowest BCUT2D eigenvalue weighted by molar-refractivity contribution is 0.0231. The molecular weight excluding hydrogens is 521 g/mol. The Hall–Kier alpha value is -0.920. The summed E-state index contributed by atoms with van der Waals surface area (Å²) in [6.07, 6.45) is -0.529. The predicted molar refractivity (Wildman–Crippen MR) is 131 cm³/mol. The summed E-state index contributed by atoms with van der Waals surface area (Å²) in [6, 6.07) is 13.7. The van der Waals surface area contributed by atoms with Crippen molar-refractivity contribution in [3.63, 3.8) is 0 Å². The van der Waals surface area contributed by atoms with Crippen molar-refractivity contribution in [2.24, 2.45) is 5.92 Å². The van der Waals surface area contributed by atoms with Crippen LogP contribution in [0.4, 0.5) is 4.79 Å². The molecule has 0 spiro atoms. The van der Waals surface area contributed by atoms with Crippen molar-refractivity contribution in [3.05, 3.63) is 62.5 Å². The fourth-order valence-corrected chi connectivity index (χ4v) is 5.33. The van der Waals surface area contributed by atoms with Gasteiger partial charge >= 0.3 is 6.09 Å². The average Bonchev–Trinajstić information content (AvgIpc) is 2.91. The van der Waals surface area contributed by atoms with Crippen LogP contribution in [0.1, 0.15) is 32.4 Å². The summed E-state index contributed by atoms with van der Waals surface area (Å²) in [4.78, 5) is 15.7. The highest BCUT2D eigenvalue weighted by molar-refractivity contribution is 9.10. The number of benzene rings is 2. The van der Waals surface area contributed by atoms with Gasteiger partial charge in [0.1, 0.15) is 5.60 Å². The molecule has 1 heterocycles. The van der Waals surface area contributed by atoms with Crippen molar-refractivity contribution in [2.45, 2.75) is 37.4 Å². The number of thioether (sulfide) groups is 1. The molecule has 0 N–H and O–H groups in total. The monoisotopic (exact) mass is 545 g/mol. The van der Waals surface area contributed by atoms with Crippen LogP contribution in [0.2, 0.25) is 10.0 Å². The van der Waals surface area contributed by atoms with Crippen molar-refractivity contribution < 1.29 is 14.3 Å². The number of rotatable bonds is 4. The molecule has 1 fully saturated rings. The standard InChI is InChI=1S/C23H26BrCl2NO3S/c1-23(2,3)30-22(28)27-10-11-29-21(15-8-9-18(25)19(26)12-15)16(13-27)14-31-20-7-5-4-6-17(20)24/h4-9,12,16,21H,10-11,13-14H2,1-3H3/t16-,21-/m0/s1.